The summed E-state index contributed by atoms with van der Waals surface area (Å²) < 4.78 is 59.2. The van der Waals surface area contributed by atoms with Gasteiger partial charge < -0.3 is 50.0 Å². The van der Waals surface area contributed by atoms with Crippen LogP contribution >= 0.6 is 0 Å². The molecule has 0 aliphatic carbocycles. The van der Waals surface area contributed by atoms with Crippen molar-refractivity contribution in [2.24, 2.45) is 18.1 Å². The number of nitrogens with one attached hydrogen (secondary N) is 5. The number of carbonyl (C=O) groups is 2. The molecule has 23 nitrogen and oxygen atoms in total. The number of amides is 2. The van der Waals surface area contributed by atoms with Crippen LogP contribution in [0.2, 0.25) is 0 Å². The maximum Gasteiger partial charge on any atom is 0.246 e. The minimum absolute atomic E-state index is 0.0575. The Labute approximate surface area is 498 Å². The zero-order valence-corrected chi connectivity index (χ0v) is 48.8. The minimum atomic E-state index is -0.558. The Bertz CT molecular complexity index is 4090. The van der Waals surface area contributed by atoms with Gasteiger partial charge in [-0.05, 0) is 94.0 Å². The molecule has 3 aliphatic heterocycles. The van der Waals surface area contributed by atoms with Crippen molar-refractivity contribution < 1.29 is 32.2 Å². The zero-order chi connectivity index (χ0) is 61.5. The first kappa shape index (κ1) is 59.7. The van der Waals surface area contributed by atoms with Gasteiger partial charge in [-0.3, -0.25) is 9.59 Å². The number of piperidine rings is 1. The lowest BCUT2D eigenvalue weighted by Crippen LogP contribution is -2.44. The van der Waals surface area contributed by atoms with Gasteiger partial charge in [0.05, 0.1) is 41.3 Å². The van der Waals surface area contributed by atoms with Crippen LogP contribution in [0.25, 0.3) is 33.1 Å². The van der Waals surface area contributed by atoms with Crippen LogP contribution in [0, 0.1) is 42.7 Å². The van der Waals surface area contributed by atoms with E-state index in [1.54, 1.807) is 87.4 Å². The summed E-state index contributed by atoms with van der Waals surface area (Å²) in [6.07, 6.45) is 13.5. The molecule has 2 amide bonds. The Morgan fingerprint density at radius 3 is 1.94 bits per heavy atom. The van der Waals surface area contributed by atoms with Crippen molar-refractivity contribution >= 4 is 91.2 Å². The molecule has 0 spiro atoms. The van der Waals surface area contributed by atoms with Crippen LogP contribution in [-0.4, -0.2) is 118 Å². The molecule has 2 bridgehead atoms. The smallest absolute Gasteiger partial charge is 0.246 e. The first-order valence-electron chi connectivity index (χ1n) is 28.3. The lowest BCUT2D eigenvalue weighted by Gasteiger charge is -2.32. The Hall–Kier alpha value is -10.4. The molecule has 26 heteroatoms. The number of hydrogen-bond donors (Lipinski definition) is 5. The first-order chi connectivity index (χ1) is 42.2. The van der Waals surface area contributed by atoms with E-state index in [1.165, 1.54) is 43.3 Å². The first-order valence-corrected chi connectivity index (χ1v) is 28.3. The van der Waals surface area contributed by atoms with Crippen LogP contribution in [0.15, 0.2) is 116 Å². The van der Waals surface area contributed by atoms with Gasteiger partial charge >= 0.3 is 0 Å². The van der Waals surface area contributed by atoms with E-state index in [4.69, 9.17) is 25.0 Å². The Morgan fingerprint density at radius 2 is 1.33 bits per heavy atom. The van der Waals surface area contributed by atoms with Gasteiger partial charge in [0, 0.05) is 88.2 Å². The fourth-order valence-electron chi connectivity index (χ4n) is 10.8. The molecule has 5 aromatic heterocycles. The standard InChI is InChI=1S/C30H27F2N9O2.C29H31FN10O2.C2H6/c1-4-25(42)41-12-17-7-18(41)13-40(11-17)30-33-10-23-27(38-30)29(35-14-34-23)37-21-5-6-24(16(2)26(21)32)43-19-8-20(31)28-22(9-19)36-15-39(28)3;1-4-25(41)36-18-6-5-12-40(13-11-18)29-33-15-23-27(38-29)28(35-16-34-23)37-21-9-10-24(17(2)26(21)30)42-19-7-8-20(32-3)22(14-19)39-31;1-2/h4-6,8-10,14-15,17-18H,1,7,11-13H2,2-3H3,(H,34,35,37);4,7-10,14-16,18,31-32H,1,5-6,11-13H2,2-3H3,(H,36,41)(H,34,35,37);1-2H3. The lowest BCUT2D eigenvalue weighted by molar-refractivity contribution is -0.126. The number of imidazole rings is 1. The molecule has 12 rings (SSSR count). The SMILES string of the molecule is C=CC(=O)N1CC2CC1CN(c1ncc3ncnc(Nc4ccc(Oc5cc(F)c6c(c5)ncn6C)c(C)c4F)c3n1)C2.C=CC(=O)NC1CCCN(c2ncc3ncnc(Nc4ccc(Oc5ccc(NC)c(N=N)c5)c(C)c4F)c3n2)CC1.CC. The van der Waals surface area contributed by atoms with Crippen molar-refractivity contribution in [3.8, 4) is 23.0 Å². The number of rotatable bonds is 15. The molecule has 4 aromatic carbocycles. The number of likely N-dealkylation sites (tertiary alicyclic amines) is 1. The molecule has 3 atom stereocenters. The van der Waals surface area contributed by atoms with E-state index in [-0.39, 0.29) is 52.3 Å². The number of nitrogens with zero attached hydrogens (tertiary/aromatic N) is 14. The highest BCUT2D eigenvalue weighted by molar-refractivity contribution is 5.90. The monoisotopic (exact) mass is 1180 g/mol. The van der Waals surface area contributed by atoms with Gasteiger partial charge in [0.25, 0.3) is 0 Å². The van der Waals surface area contributed by atoms with E-state index in [0.29, 0.717) is 117 Å². The van der Waals surface area contributed by atoms with Crippen LogP contribution in [0.5, 0.6) is 23.0 Å². The summed E-state index contributed by atoms with van der Waals surface area (Å²) in [5.74, 6) is 1.37. The third kappa shape index (κ3) is 12.8. The predicted octanol–water partition coefficient (Wildman–Crippen LogP) is 11.4. The highest BCUT2D eigenvalue weighted by Gasteiger charge is 2.41. The molecule has 9 aromatic rings. The number of aryl methyl sites for hydroxylation is 1. The van der Waals surface area contributed by atoms with Gasteiger partial charge in [0.2, 0.25) is 23.7 Å². The number of halogens is 3. The molecule has 3 saturated heterocycles. The molecule has 3 fully saturated rings. The van der Waals surface area contributed by atoms with Crippen LogP contribution in [0.1, 0.15) is 50.7 Å². The fourth-order valence-corrected chi connectivity index (χ4v) is 10.8. The van der Waals surface area contributed by atoms with E-state index in [0.717, 1.165) is 32.2 Å². The third-order valence-electron chi connectivity index (χ3n) is 15.2. The summed E-state index contributed by atoms with van der Waals surface area (Å²) in [6, 6.07) is 14.4. The summed E-state index contributed by atoms with van der Waals surface area (Å²) in [4.78, 5) is 70.0. The maximum absolute atomic E-state index is 15.6. The van der Waals surface area contributed by atoms with Gasteiger partial charge in [-0.15, -0.1) is 0 Å². The molecule has 3 unspecified atom stereocenters. The summed E-state index contributed by atoms with van der Waals surface area (Å²) in [6.45, 7) is 17.7. The van der Waals surface area contributed by atoms with Crippen molar-refractivity contribution in [2.75, 3.05) is 65.5 Å². The fraction of sp³-hybridized carbons (Fsp3) is 0.295. The summed E-state index contributed by atoms with van der Waals surface area (Å²) in [5.41, 5.74) is 12.0. The van der Waals surface area contributed by atoms with Crippen molar-refractivity contribution in [1.29, 1.82) is 5.53 Å². The normalized spacial score (nSPS) is 16.2. The number of carbonyl (C=O) groups excluding carboxylic acids is 2. The number of hydrogen-bond acceptors (Lipinski definition) is 20. The molecular weight excluding hydrogens is 1120 g/mol. The molecule has 448 valence electrons. The average Bonchev–Trinajstić information content (AvgIpc) is 2.91. The summed E-state index contributed by atoms with van der Waals surface area (Å²) in [5, 5.41) is 15.5. The largest absolute Gasteiger partial charge is 0.457 e. The van der Waals surface area contributed by atoms with E-state index in [1.807, 2.05) is 18.7 Å². The second-order valence-corrected chi connectivity index (χ2v) is 20.7. The molecule has 0 saturated carbocycles. The Balaban J connectivity index is 0.000000187. The van der Waals surface area contributed by atoms with Gasteiger partial charge in [-0.1, -0.05) is 27.0 Å². The molecular formula is C61H64F3N19O4. The van der Waals surface area contributed by atoms with Crippen molar-refractivity contribution in [3.63, 3.8) is 0 Å². The molecule has 8 heterocycles. The highest BCUT2D eigenvalue weighted by Crippen LogP contribution is 2.38. The van der Waals surface area contributed by atoms with Gasteiger partial charge in [0.15, 0.2) is 29.1 Å². The van der Waals surface area contributed by atoms with E-state index in [2.05, 4.69) is 84.2 Å². The Morgan fingerprint density at radius 1 is 0.713 bits per heavy atom. The van der Waals surface area contributed by atoms with E-state index in [9.17, 15) is 14.0 Å². The number of aromatic nitrogens is 10. The zero-order valence-electron chi connectivity index (χ0n) is 48.8. The maximum atomic E-state index is 15.6. The van der Waals surface area contributed by atoms with Crippen LogP contribution in [0.3, 0.4) is 0 Å². The number of ether oxygens (including phenoxy) is 2. The van der Waals surface area contributed by atoms with Crippen LogP contribution in [-0.2, 0) is 16.6 Å². The predicted molar refractivity (Wildman–Crippen MR) is 326 cm³/mol. The summed E-state index contributed by atoms with van der Waals surface area (Å²) >= 11 is 0. The summed E-state index contributed by atoms with van der Waals surface area (Å²) in [7, 11) is 3.44. The van der Waals surface area contributed by atoms with Crippen molar-refractivity contribution in [2.45, 2.75) is 65.5 Å². The van der Waals surface area contributed by atoms with Crippen molar-refractivity contribution in [3.05, 3.63) is 140 Å². The second kappa shape index (κ2) is 26.3. The number of anilines is 7. The lowest BCUT2D eigenvalue weighted by atomic mass is 10.0. The van der Waals surface area contributed by atoms with E-state index < -0.39 is 17.5 Å². The molecule has 0 radical (unpaired) electrons. The van der Waals surface area contributed by atoms with E-state index >= 15 is 8.78 Å². The molecule has 5 N–H and O–H groups in total. The van der Waals surface area contributed by atoms with Gasteiger partial charge in [-0.25, -0.2) is 63.6 Å². The van der Waals surface area contributed by atoms with Gasteiger partial charge in [0.1, 0.15) is 68.9 Å². The second-order valence-electron chi connectivity index (χ2n) is 20.7. The molecule has 3 aliphatic rings. The quantitative estimate of drug-likeness (QED) is 0.0471. The highest BCUT2D eigenvalue weighted by atomic mass is 19.1. The average molecular weight is 1180 g/mol. The van der Waals surface area contributed by atoms with Crippen LogP contribution < -0.4 is 40.5 Å². The number of benzene rings is 4. The third-order valence-corrected chi connectivity index (χ3v) is 15.2. The Kier molecular flexibility index (Phi) is 18.0. The number of fused-ring (bicyclic) bond motifs is 5. The van der Waals surface area contributed by atoms with Crippen molar-refractivity contribution in [1.82, 2.24) is 59.6 Å². The van der Waals surface area contributed by atoms with Crippen LogP contribution in [0.4, 0.5) is 59.5 Å². The topological polar surface area (TPSA) is 268 Å². The molecule has 87 heavy (non-hydrogen) atoms. The van der Waals surface area contributed by atoms with Gasteiger partial charge in [-0.2, -0.15) is 5.11 Å². The minimum Gasteiger partial charge on any atom is -0.457 e.